The van der Waals surface area contributed by atoms with Crippen molar-refractivity contribution in [1.29, 1.82) is 0 Å². The molecule has 1 amide bonds. The van der Waals surface area contributed by atoms with E-state index in [0.717, 1.165) is 5.56 Å². The summed E-state index contributed by atoms with van der Waals surface area (Å²) in [6.07, 6.45) is -0.00312. The maximum absolute atomic E-state index is 12.3. The number of hydrogen-bond acceptors (Lipinski definition) is 5. The fourth-order valence-electron chi connectivity index (χ4n) is 2.74. The van der Waals surface area contributed by atoms with Crippen LogP contribution in [0.5, 0.6) is 11.5 Å². The molecule has 2 N–H and O–H groups in total. The highest BCUT2D eigenvalue weighted by Crippen LogP contribution is 2.30. The number of hydrogen-bond donors (Lipinski definition) is 2. The topological polar surface area (TPSA) is 93.7 Å². The van der Waals surface area contributed by atoms with E-state index in [-0.39, 0.29) is 29.8 Å². The summed E-state index contributed by atoms with van der Waals surface area (Å²) in [6, 6.07) is 11.2. The highest BCUT2D eigenvalue weighted by atomic mass is 35.5. The molecule has 0 radical (unpaired) electrons. The normalized spacial score (nSPS) is 12.5. The van der Waals surface area contributed by atoms with E-state index in [9.17, 15) is 13.2 Å². The van der Waals surface area contributed by atoms with Crippen molar-refractivity contribution < 1.29 is 22.7 Å². The summed E-state index contributed by atoms with van der Waals surface area (Å²) in [5, 5.41) is 3.19. The molecular weight excluding hydrogens is 440 g/mol. The third kappa shape index (κ3) is 7.72. The Balaban J connectivity index is 1.90. The van der Waals surface area contributed by atoms with Gasteiger partial charge in [-0.05, 0) is 48.7 Å². The Morgan fingerprint density at radius 3 is 2.48 bits per heavy atom. The smallest absolute Gasteiger partial charge is 0.240 e. The van der Waals surface area contributed by atoms with Gasteiger partial charge in [-0.25, -0.2) is 13.1 Å². The zero-order valence-corrected chi connectivity index (χ0v) is 19.7. The van der Waals surface area contributed by atoms with Crippen LogP contribution in [-0.2, 0) is 14.8 Å². The molecule has 0 aliphatic carbocycles. The fraction of sp³-hybridized carbons (Fsp3) is 0.409. The van der Waals surface area contributed by atoms with E-state index in [1.807, 2.05) is 25.1 Å². The average molecular weight is 469 g/mol. The molecule has 0 spiro atoms. The minimum absolute atomic E-state index is 0.00312. The van der Waals surface area contributed by atoms with Crippen LogP contribution in [0.3, 0.4) is 0 Å². The van der Waals surface area contributed by atoms with Gasteiger partial charge >= 0.3 is 0 Å². The monoisotopic (exact) mass is 468 g/mol. The molecule has 0 heterocycles. The van der Waals surface area contributed by atoms with Crippen molar-refractivity contribution in [2.45, 2.75) is 38.1 Å². The molecule has 0 bridgehead atoms. The van der Waals surface area contributed by atoms with E-state index in [2.05, 4.69) is 23.9 Å². The van der Waals surface area contributed by atoms with Crippen LogP contribution in [0.2, 0.25) is 5.02 Å². The summed E-state index contributed by atoms with van der Waals surface area (Å²) < 4.78 is 38.1. The lowest BCUT2D eigenvalue weighted by Gasteiger charge is -2.18. The Morgan fingerprint density at radius 2 is 1.84 bits per heavy atom. The van der Waals surface area contributed by atoms with Crippen LogP contribution in [0.1, 0.15) is 38.8 Å². The molecule has 2 aromatic carbocycles. The first kappa shape index (κ1) is 25.0. The molecule has 0 saturated carbocycles. The maximum atomic E-state index is 12.3. The number of ether oxygens (including phenoxy) is 2. The third-order valence-electron chi connectivity index (χ3n) is 4.39. The summed E-state index contributed by atoms with van der Waals surface area (Å²) in [5.74, 6) is 1.35. The van der Waals surface area contributed by atoms with E-state index in [0.29, 0.717) is 29.0 Å². The second-order valence-corrected chi connectivity index (χ2v) is 9.71. The van der Waals surface area contributed by atoms with Gasteiger partial charge in [0, 0.05) is 18.0 Å². The lowest BCUT2D eigenvalue weighted by Crippen LogP contribution is -2.32. The zero-order valence-electron chi connectivity index (χ0n) is 18.1. The van der Waals surface area contributed by atoms with Gasteiger partial charge in [-0.2, -0.15) is 0 Å². The lowest BCUT2D eigenvalue weighted by molar-refractivity contribution is -0.121. The van der Waals surface area contributed by atoms with E-state index >= 15 is 0 Å². The molecule has 0 saturated heterocycles. The van der Waals surface area contributed by atoms with Crippen molar-refractivity contribution in [1.82, 2.24) is 10.0 Å². The molecule has 0 aliphatic rings. The SMILES string of the molecule is COc1cc(C(C)NC(=O)CCNS(=O)(=O)c2cccc(Cl)c2)ccc1OCC(C)C. The number of methoxy groups -OCH3 is 1. The predicted molar refractivity (Wildman–Crippen MR) is 121 cm³/mol. The Bertz CT molecular complexity index is 995. The predicted octanol–water partition coefficient (Wildman–Crippen LogP) is 3.93. The average Bonchev–Trinajstić information content (AvgIpc) is 2.71. The third-order valence-corrected chi connectivity index (χ3v) is 6.08. The first-order valence-corrected chi connectivity index (χ1v) is 11.8. The van der Waals surface area contributed by atoms with Gasteiger partial charge in [0.05, 0.1) is 24.7 Å². The summed E-state index contributed by atoms with van der Waals surface area (Å²) in [7, 11) is -2.16. The van der Waals surface area contributed by atoms with Crippen LogP contribution in [0.15, 0.2) is 47.4 Å². The van der Waals surface area contributed by atoms with Crippen LogP contribution in [0.25, 0.3) is 0 Å². The van der Waals surface area contributed by atoms with Crippen molar-refractivity contribution in [2.24, 2.45) is 5.92 Å². The van der Waals surface area contributed by atoms with Gasteiger partial charge in [0.15, 0.2) is 11.5 Å². The number of carbonyl (C=O) groups excluding carboxylic acids is 1. The van der Waals surface area contributed by atoms with Gasteiger partial charge in [-0.3, -0.25) is 4.79 Å². The minimum atomic E-state index is -3.73. The number of sulfonamides is 1. The van der Waals surface area contributed by atoms with Gasteiger partial charge in [-0.1, -0.05) is 37.6 Å². The number of amides is 1. The highest BCUT2D eigenvalue weighted by molar-refractivity contribution is 7.89. The number of carbonyl (C=O) groups is 1. The fourth-order valence-corrected chi connectivity index (χ4v) is 4.07. The summed E-state index contributed by atoms with van der Waals surface area (Å²) in [6.45, 7) is 6.52. The standard InChI is InChI=1S/C22H29ClN2O5S/c1-15(2)14-30-20-9-8-17(12-21(20)29-4)16(3)25-22(26)10-11-24-31(27,28)19-7-5-6-18(23)13-19/h5-9,12-13,15-16,24H,10-11,14H2,1-4H3,(H,25,26). The highest BCUT2D eigenvalue weighted by Gasteiger charge is 2.16. The van der Waals surface area contributed by atoms with E-state index in [4.69, 9.17) is 21.1 Å². The molecule has 1 atom stereocenters. The van der Waals surface area contributed by atoms with Gasteiger partial charge in [0.1, 0.15) is 0 Å². The number of benzene rings is 2. The summed E-state index contributed by atoms with van der Waals surface area (Å²) >= 11 is 5.84. The lowest BCUT2D eigenvalue weighted by atomic mass is 10.1. The van der Waals surface area contributed by atoms with Crippen LogP contribution in [0, 0.1) is 5.92 Å². The minimum Gasteiger partial charge on any atom is -0.493 e. The van der Waals surface area contributed by atoms with Crippen LogP contribution in [-0.4, -0.2) is 34.6 Å². The number of nitrogens with one attached hydrogen (secondary N) is 2. The zero-order chi connectivity index (χ0) is 23.0. The Labute approximate surface area is 189 Å². The molecule has 31 heavy (non-hydrogen) atoms. The van der Waals surface area contributed by atoms with E-state index < -0.39 is 10.0 Å². The van der Waals surface area contributed by atoms with Gasteiger partial charge in [0.25, 0.3) is 0 Å². The first-order chi connectivity index (χ1) is 14.6. The maximum Gasteiger partial charge on any atom is 0.240 e. The quantitative estimate of drug-likeness (QED) is 0.521. The van der Waals surface area contributed by atoms with Crippen molar-refractivity contribution in [3.63, 3.8) is 0 Å². The number of halogens is 1. The van der Waals surface area contributed by atoms with Crippen molar-refractivity contribution in [3.05, 3.63) is 53.1 Å². The molecule has 9 heteroatoms. The van der Waals surface area contributed by atoms with Crippen molar-refractivity contribution in [3.8, 4) is 11.5 Å². The van der Waals surface area contributed by atoms with Crippen LogP contribution in [0.4, 0.5) is 0 Å². The van der Waals surface area contributed by atoms with Crippen molar-refractivity contribution in [2.75, 3.05) is 20.3 Å². The van der Waals surface area contributed by atoms with E-state index in [1.54, 1.807) is 19.2 Å². The van der Waals surface area contributed by atoms with Gasteiger partial charge in [-0.15, -0.1) is 0 Å². The van der Waals surface area contributed by atoms with Crippen molar-refractivity contribution >= 4 is 27.5 Å². The van der Waals surface area contributed by atoms with Gasteiger partial charge in [0.2, 0.25) is 15.9 Å². The van der Waals surface area contributed by atoms with E-state index in [1.165, 1.54) is 12.1 Å². The number of rotatable bonds is 11. The molecule has 2 aromatic rings. The second kappa shape index (κ2) is 11.4. The molecule has 7 nitrogen and oxygen atoms in total. The summed E-state index contributed by atoms with van der Waals surface area (Å²) in [4.78, 5) is 12.3. The second-order valence-electron chi connectivity index (χ2n) is 7.51. The largest absolute Gasteiger partial charge is 0.493 e. The molecule has 2 rings (SSSR count). The molecular formula is C22H29ClN2O5S. The van der Waals surface area contributed by atoms with Crippen LogP contribution < -0.4 is 19.5 Å². The molecule has 0 aromatic heterocycles. The molecule has 170 valence electrons. The first-order valence-electron chi connectivity index (χ1n) is 9.97. The van der Waals surface area contributed by atoms with Crippen LogP contribution >= 0.6 is 11.6 Å². The van der Waals surface area contributed by atoms with Gasteiger partial charge < -0.3 is 14.8 Å². The Kier molecular flexibility index (Phi) is 9.15. The molecule has 1 unspecified atom stereocenters. The molecule has 0 fully saturated rings. The molecule has 0 aliphatic heterocycles. The summed E-state index contributed by atoms with van der Waals surface area (Å²) in [5.41, 5.74) is 0.849. The Morgan fingerprint density at radius 1 is 1.10 bits per heavy atom. The Hall–Kier alpha value is -2.29.